The molecule has 3 aromatic carbocycles. The molecule has 0 bridgehead atoms. The highest BCUT2D eigenvalue weighted by molar-refractivity contribution is 6.14. The average molecular weight is 317 g/mol. The third-order valence-electron chi connectivity index (χ3n) is 3.70. The van der Waals surface area contributed by atoms with Crippen LogP contribution < -0.4 is 9.47 Å². The average Bonchev–Trinajstić information content (AvgIpc) is 2.67. The van der Waals surface area contributed by atoms with Crippen LogP contribution in [0.4, 0.5) is 5.69 Å². The lowest BCUT2D eigenvalue weighted by atomic mass is 10.0. The number of methoxy groups -OCH3 is 2. The second-order valence-corrected chi connectivity index (χ2v) is 5.23. The van der Waals surface area contributed by atoms with Crippen molar-refractivity contribution < 1.29 is 9.47 Å². The molecule has 3 nitrogen and oxygen atoms in total. The predicted octanol–water partition coefficient (Wildman–Crippen LogP) is 4.87. The lowest BCUT2D eigenvalue weighted by Gasteiger charge is -2.12. The molecular formula is C21H19NO2. The van der Waals surface area contributed by atoms with Crippen LogP contribution in [0.15, 0.2) is 83.9 Å². The van der Waals surface area contributed by atoms with Crippen molar-refractivity contribution in [2.24, 2.45) is 4.99 Å². The molecule has 120 valence electrons. The van der Waals surface area contributed by atoms with Gasteiger partial charge in [0.1, 0.15) is 0 Å². The monoisotopic (exact) mass is 317 g/mol. The van der Waals surface area contributed by atoms with E-state index < -0.39 is 0 Å². The van der Waals surface area contributed by atoms with Crippen LogP contribution in [0.1, 0.15) is 11.1 Å². The smallest absolute Gasteiger partial charge is 0.161 e. The van der Waals surface area contributed by atoms with Crippen molar-refractivity contribution in [1.29, 1.82) is 0 Å². The molecule has 0 aromatic heterocycles. The van der Waals surface area contributed by atoms with Gasteiger partial charge in [-0.1, -0.05) is 48.5 Å². The van der Waals surface area contributed by atoms with Crippen molar-refractivity contribution >= 4 is 11.4 Å². The fourth-order valence-corrected chi connectivity index (χ4v) is 2.51. The molecule has 0 fully saturated rings. The molecule has 0 radical (unpaired) electrons. The number of benzene rings is 3. The molecular weight excluding hydrogens is 298 g/mol. The van der Waals surface area contributed by atoms with Gasteiger partial charge in [0, 0.05) is 11.1 Å². The Hall–Kier alpha value is -3.07. The Morgan fingerprint density at radius 3 is 1.92 bits per heavy atom. The summed E-state index contributed by atoms with van der Waals surface area (Å²) in [5, 5.41) is 0. The molecule has 0 saturated heterocycles. The maximum absolute atomic E-state index is 5.43. The van der Waals surface area contributed by atoms with E-state index in [9.17, 15) is 0 Å². The number of aliphatic imine (C=N–C) groups is 1. The van der Waals surface area contributed by atoms with Crippen molar-refractivity contribution in [3.63, 3.8) is 0 Å². The van der Waals surface area contributed by atoms with E-state index in [1.54, 1.807) is 14.2 Å². The Bertz CT molecular complexity index is 827. The van der Waals surface area contributed by atoms with Crippen LogP contribution in [0.2, 0.25) is 0 Å². The van der Waals surface area contributed by atoms with Crippen LogP contribution >= 0.6 is 0 Å². The van der Waals surface area contributed by atoms with Gasteiger partial charge < -0.3 is 9.47 Å². The van der Waals surface area contributed by atoms with Crippen LogP contribution in [0.3, 0.4) is 0 Å². The zero-order valence-corrected chi connectivity index (χ0v) is 13.8. The van der Waals surface area contributed by atoms with Crippen molar-refractivity contribution in [3.8, 4) is 11.5 Å². The first-order valence-electron chi connectivity index (χ1n) is 7.73. The summed E-state index contributed by atoms with van der Waals surface area (Å²) in [6.07, 6.45) is 0. The van der Waals surface area contributed by atoms with E-state index in [1.807, 2.05) is 66.7 Å². The van der Waals surface area contributed by atoms with Gasteiger partial charge in [-0.3, -0.25) is 0 Å². The fraction of sp³-hybridized carbons (Fsp3) is 0.0952. The summed E-state index contributed by atoms with van der Waals surface area (Å²) in [5.41, 5.74) is 3.82. The summed E-state index contributed by atoms with van der Waals surface area (Å²) < 4.78 is 10.8. The van der Waals surface area contributed by atoms with Crippen LogP contribution in [0.5, 0.6) is 11.5 Å². The molecule has 0 aliphatic heterocycles. The van der Waals surface area contributed by atoms with E-state index >= 15 is 0 Å². The maximum atomic E-state index is 5.43. The van der Waals surface area contributed by atoms with Crippen molar-refractivity contribution in [2.75, 3.05) is 14.2 Å². The minimum atomic E-state index is 0.687. The second-order valence-electron chi connectivity index (χ2n) is 5.23. The number of hydrogen-bond donors (Lipinski definition) is 0. The first-order chi connectivity index (χ1) is 11.8. The van der Waals surface area contributed by atoms with Crippen LogP contribution in [-0.2, 0) is 0 Å². The van der Waals surface area contributed by atoms with E-state index in [4.69, 9.17) is 14.5 Å². The van der Waals surface area contributed by atoms with Gasteiger partial charge in [-0.15, -0.1) is 0 Å². The van der Waals surface area contributed by atoms with Gasteiger partial charge in [-0.25, -0.2) is 4.99 Å². The minimum Gasteiger partial charge on any atom is -0.493 e. The molecule has 0 heterocycles. The lowest BCUT2D eigenvalue weighted by Crippen LogP contribution is -2.04. The number of nitrogens with zero attached hydrogens (tertiary/aromatic N) is 1. The molecule has 3 heteroatoms. The Kier molecular flexibility index (Phi) is 4.92. The molecule has 0 aliphatic carbocycles. The molecule has 0 saturated carbocycles. The third kappa shape index (κ3) is 3.46. The first kappa shape index (κ1) is 15.8. The van der Waals surface area contributed by atoms with Crippen molar-refractivity contribution in [1.82, 2.24) is 0 Å². The van der Waals surface area contributed by atoms with E-state index in [2.05, 4.69) is 12.1 Å². The van der Waals surface area contributed by atoms with E-state index in [1.165, 1.54) is 0 Å². The molecule has 24 heavy (non-hydrogen) atoms. The summed E-state index contributed by atoms with van der Waals surface area (Å²) in [4.78, 5) is 4.85. The molecule has 0 amide bonds. The number of rotatable bonds is 5. The number of para-hydroxylation sites is 1. The van der Waals surface area contributed by atoms with Crippen LogP contribution in [0, 0.1) is 0 Å². The zero-order valence-electron chi connectivity index (χ0n) is 13.8. The topological polar surface area (TPSA) is 30.8 Å². The fourth-order valence-electron chi connectivity index (χ4n) is 2.51. The van der Waals surface area contributed by atoms with Gasteiger partial charge in [0.05, 0.1) is 25.6 Å². The summed E-state index contributed by atoms with van der Waals surface area (Å²) in [6, 6.07) is 25.9. The largest absolute Gasteiger partial charge is 0.493 e. The van der Waals surface area contributed by atoms with Crippen LogP contribution in [-0.4, -0.2) is 19.9 Å². The van der Waals surface area contributed by atoms with Gasteiger partial charge in [-0.2, -0.15) is 0 Å². The predicted molar refractivity (Wildman–Crippen MR) is 97.7 cm³/mol. The van der Waals surface area contributed by atoms with Gasteiger partial charge >= 0.3 is 0 Å². The highest BCUT2D eigenvalue weighted by atomic mass is 16.5. The van der Waals surface area contributed by atoms with Crippen molar-refractivity contribution in [2.45, 2.75) is 0 Å². The number of hydrogen-bond acceptors (Lipinski definition) is 3. The molecule has 3 rings (SSSR count). The lowest BCUT2D eigenvalue weighted by molar-refractivity contribution is 0.355. The van der Waals surface area contributed by atoms with Crippen molar-refractivity contribution in [3.05, 3.63) is 90.0 Å². The van der Waals surface area contributed by atoms with Gasteiger partial charge in [0.25, 0.3) is 0 Å². The molecule has 0 atom stereocenters. The Morgan fingerprint density at radius 1 is 0.667 bits per heavy atom. The molecule has 3 aromatic rings. The van der Waals surface area contributed by atoms with Gasteiger partial charge in [0.15, 0.2) is 11.5 Å². The molecule has 0 N–H and O–H groups in total. The van der Waals surface area contributed by atoms with Gasteiger partial charge in [0.2, 0.25) is 0 Å². The Balaban J connectivity index is 2.14. The summed E-state index contributed by atoms with van der Waals surface area (Å²) >= 11 is 0. The highest BCUT2D eigenvalue weighted by Gasteiger charge is 2.11. The zero-order chi connectivity index (χ0) is 16.8. The molecule has 0 spiro atoms. The van der Waals surface area contributed by atoms with Gasteiger partial charge in [-0.05, 0) is 30.3 Å². The molecule has 0 unspecified atom stereocenters. The SMILES string of the molecule is COc1ccc(C(=Nc2ccccc2)c2ccccc2)cc1OC. The van der Waals surface area contributed by atoms with E-state index in [-0.39, 0.29) is 0 Å². The number of ether oxygens (including phenoxy) is 2. The Labute approximate surface area is 142 Å². The minimum absolute atomic E-state index is 0.687. The van der Waals surface area contributed by atoms with E-state index in [0.717, 1.165) is 22.5 Å². The second kappa shape index (κ2) is 7.47. The summed E-state index contributed by atoms with van der Waals surface area (Å²) in [7, 11) is 3.27. The standard InChI is InChI=1S/C21H19NO2/c1-23-19-14-13-17(15-20(19)24-2)21(16-9-5-3-6-10-16)22-18-11-7-4-8-12-18/h3-15H,1-2H3. The normalized spacial score (nSPS) is 11.2. The quantitative estimate of drug-likeness (QED) is 0.628. The molecule has 0 aliphatic rings. The summed E-state index contributed by atoms with van der Waals surface area (Å²) in [5.74, 6) is 1.39. The third-order valence-corrected chi connectivity index (χ3v) is 3.70. The van der Waals surface area contributed by atoms with E-state index in [0.29, 0.717) is 11.5 Å². The first-order valence-corrected chi connectivity index (χ1v) is 7.73. The summed E-state index contributed by atoms with van der Waals surface area (Å²) in [6.45, 7) is 0. The Morgan fingerprint density at radius 2 is 1.29 bits per heavy atom. The maximum Gasteiger partial charge on any atom is 0.161 e. The highest BCUT2D eigenvalue weighted by Crippen LogP contribution is 2.29. The van der Waals surface area contributed by atoms with Crippen LogP contribution in [0.25, 0.3) is 0 Å².